The van der Waals surface area contributed by atoms with E-state index in [1.54, 1.807) is 43.7 Å². The molecular weight excluding hydrogens is 458 g/mol. The molecule has 5 rings (SSSR count). The number of pyridine rings is 2. The highest BCUT2D eigenvalue weighted by Crippen LogP contribution is 2.37. The summed E-state index contributed by atoms with van der Waals surface area (Å²) in [6, 6.07) is 7.31. The Kier molecular flexibility index (Phi) is 5.42. The number of rotatable bonds is 6. The average molecular weight is 480 g/mol. The lowest BCUT2D eigenvalue weighted by Gasteiger charge is -2.36. The van der Waals surface area contributed by atoms with Gasteiger partial charge in [0.25, 0.3) is 17.4 Å². The second kappa shape index (κ2) is 8.46. The molecule has 1 fully saturated rings. The fraction of sp³-hybridized carbons (Fsp3) is 0.261. The van der Waals surface area contributed by atoms with Crippen LogP contribution < -0.4 is 21.5 Å². The van der Waals surface area contributed by atoms with Crippen molar-refractivity contribution in [1.29, 1.82) is 0 Å². The molecule has 0 spiro atoms. The number of hydrogen-bond donors (Lipinski definition) is 3. The van der Waals surface area contributed by atoms with Gasteiger partial charge in [0.1, 0.15) is 22.9 Å². The number of anilines is 3. The van der Waals surface area contributed by atoms with E-state index in [2.05, 4.69) is 31.0 Å². The molecule has 4 aromatic heterocycles. The zero-order chi connectivity index (χ0) is 24.7. The summed E-state index contributed by atoms with van der Waals surface area (Å²) in [5.74, 6) is -2.87. The normalized spacial score (nSPS) is 16.5. The summed E-state index contributed by atoms with van der Waals surface area (Å²) in [6.07, 6.45) is 4.46. The van der Waals surface area contributed by atoms with E-state index in [4.69, 9.17) is 0 Å². The summed E-state index contributed by atoms with van der Waals surface area (Å²) in [5, 5.41) is 12.5. The Bertz CT molecular complexity index is 1480. The number of aryl methyl sites for hydroxylation is 1. The topological polar surface area (TPSA) is 118 Å². The van der Waals surface area contributed by atoms with Crippen LogP contribution in [0.25, 0.3) is 11.3 Å². The largest absolute Gasteiger partial charge is 0.373 e. The van der Waals surface area contributed by atoms with Gasteiger partial charge < -0.3 is 16.0 Å². The Hall–Kier alpha value is -4.35. The summed E-state index contributed by atoms with van der Waals surface area (Å²) in [6.45, 7) is 1.86. The molecule has 0 radical (unpaired) electrons. The number of alkyl halides is 2. The first-order chi connectivity index (χ1) is 16.8. The first-order valence-corrected chi connectivity index (χ1v) is 10.9. The molecule has 0 aliphatic heterocycles. The fourth-order valence-electron chi connectivity index (χ4n) is 3.82. The molecule has 1 unspecified atom stereocenters. The zero-order valence-corrected chi connectivity index (χ0v) is 18.9. The molecule has 1 amide bonds. The van der Waals surface area contributed by atoms with Gasteiger partial charge in [-0.05, 0) is 37.6 Å². The highest BCUT2D eigenvalue weighted by atomic mass is 19.3. The first kappa shape index (κ1) is 22.4. The third-order valence-corrected chi connectivity index (χ3v) is 5.94. The quantitative estimate of drug-likeness (QED) is 0.388. The van der Waals surface area contributed by atoms with Crippen molar-refractivity contribution in [1.82, 2.24) is 29.5 Å². The standard InChI is InChI=1S/C23H22F2N8O2/c1-13-5-6-14(11-27-13)32-9-3-4-16(22(32)35)29-18-10-19(26-2)33-20(31-18)15(12-28-33)21(34)30-17-7-8-23(17,24)25/h3-6,9-12,17,26H,7-8H2,1-2H3,(H,29,31)(H,30,34). The maximum atomic E-state index is 13.6. The van der Waals surface area contributed by atoms with E-state index in [0.717, 1.165) is 5.69 Å². The molecule has 0 aromatic carbocycles. The van der Waals surface area contributed by atoms with E-state index >= 15 is 0 Å². The van der Waals surface area contributed by atoms with Crippen molar-refractivity contribution in [3.05, 3.63) is 70.5 Å². The summed E-state index contributed by atoms with van der Waals surface area (Å²) in [7, 11) is 1.66. The Morgan fingerprint density at radius 2 is 2.06 bits per heavy atom. The molecule has 1 saturated carbocycles. The number of nitrogens with zero attached hydrogens (tertiary/aromatic N) is 5. The summed E-state index contributed by atoms with van der Waals surface area (Å²) < 4.78 is 30.1. The van der Waals surface area contributed by atoms with Gasteiger partial charge in [-0.2, -0.15) is 9.61 Å². The van der Waals surface area contributed by atoms with E-state index in [1.165, 1.54) is 15.3 Å². The summed E-state index contributed by atoms with van der Waals surface area (Å²) in [5.41, 5.74) is 1.54. The molecule has 0 bridgehead atoms. The van der Waals surface area contributed by atoms with Gasteiger partial charge in [-0.15, -0.1) is 0 Å². The van der Waals surface area contributed by atoms with E-state index in [9.17, 15) is 18.4 Å². The lowest BCUT2D eigenvalue weighted by Crippen LogP contribution is -2.55. The lowest BCUT2D eigenvalue weighted by molar-refractivity contribution is -0.102. The average Bonchev–Trinajstić information content (AvgIpc) is 3.27. The van der Waals surface area contributed by atoms with Crippen LogP contribution in [0.4, 0.5) is 26.1 Å². The van der Waals surface area contributed by atoms with E-state index < -0.39 is 17.9 Å². The van der Waals surface area contributed by atoms with Crippen LogP contribution in [0.15, 0.2) is 53.7 Å². The van der Waals surface area contributed by atoms with Crippen molar-refractivity contribution >= 4 is 28.9 Å². The maximum absolute atomic E-state index is 13.6. The number of aromatic nitrogens is 5. The molecule has 1 atom stereocenters. The number of carbonyl (C=O) groups excluding carboxylic acids is 1. The monoisotopic (exact) mass is 480 g/mol. The minimum absolute atomic E-state index is 0.0454. The van der Waals surface area contributed by atoms with Crippen molar-refractivity contribution < 1.29 is 13.6 Å². The molecule has 180 valence electrons. The van der Waals surface area contributed by atoms with Crippen molar-refractivity contribution in [2.24, 2.45) is 0 Å². The van der Waals surface area contributed by atoms with Crippen LogP contribution in [-0.4, -0.2) is 49.1 Å². The Balaban J connectivity index is 1.49. The molecule has 0 saturated heterocycles. The molecule has 12 heteroatoms. The van der Waals surface area contributed by atoms with Gasteiger partial charge in [-0.1, -0.05) is 0 Å². The predicted octanol–water partition coefficient (Wildman–Crippen LogP) is 2.90. The van der Waals surface area contributed by atoms with Gasteiger partial charge in [-0.25, -0.2) is 13.8 Å². The van der Waals surface area contributed by atoms with Crippen LogP contribution in [0, 0.1) is 6.92 Å². The molecule has 4 heterocycles. The number of hydrogen-bond acceptors (Lipinski definition) is 7. The smallest absolute Gasteiger partial charge is 0.278 e. The Morgan fingerprint density at radius 1 is 1.23 bits per heavy atom. The van der Waals surface area contributed by atoms with Crippen LogP contribution >= 0.6 is 0 Å². The second-order valence-electron chi connectivity index (χ2n) is 8.28. The van der Waals surface area contributed by atoms with Gasteiger partial charge in [0.2, 0.25) is 0 Å². The molecule has 1 aliphatic carbocycles. The summed E-state index contributed by atoms with van der Waals surface area (Å²) >= 11 is 0. The van der Waals surface area contributed by atoms with E-state index in [-0.39, 0.29) is 41.1 Å². The Labute approximate surface area is 198 Å². The van der Waals surface area contributed by atoms with Crippen LogP contribution in [-0.2, 0) is 0 Å². The van der Waals surface area contributed by atoms with Crippen LogP contribution in [0.5, 0.6) is 0 Å². The van der Waals surface area contributed by atoms with Gasteiger partial charge in [-0.3, -0.25) is 19.1 Å². The Morgan fingerprint density at radius 3 is 2.71 bits per heavy atom. The minimum atomic E-state index is -2.92. The van der Waals surface area contributed by atoms with Crippen LogP contribution in [0.2, 0.25) is 0 Å². The molecule has 10 nitrogen and oxygen atoms in total. The van der Waals surface area contributed by atoms with Gasteiger partial charge in [0.15, 0.2) is 5.65 Å². The molecular formula is C23H22F2N8O2. The fourth-order valence-corrected chi connectivity index (χ4v) is 3.82. The molecule has 3 N–H and O–H groups in total. The predicted molar refractivity (Wildman–Crippen MR) is 126 cm³/mol. The molecule has 4 aromatic rings. The number of amides is 1. The molecule has 1 aliphatic rings. The van der Waals surface area contributed by atoms with Crippen molar-refractivity contribution in [3.8, 4) is 5.69 Å². The van der Waals surface area contributed by atoms with E-state index in [1.807, 2.05) is 13.0 Å². The number of nitrogens with one attached hydrogen (secondary N) is 3. The van der Waals surface area contributed by atoms with E-state index in [0.29, 0.717) is 11.5 Å². The minimum Gasteiger partial charge on any atom is -0.373 e. The van der Waals surface area contributed by atoms with Crippen molar-refractivity contribution in [2.45, 2.75) is 31.7 Å². The second-order valence-corrected chi connectivity index (χ2v) is 8.28. The SMILES string of the molecule is CNc1cc(Nc2cccn(-c3ccc(C)nc3)c2=O)nc2c(C(=O)NC3CCC3(F)F)cnn12. The zero-order valence-electron chi connectivity index (χ0n) is 18.9. The van der Waals surface area contributed by atoms with Gasteiger partial charge in [0.05, 0.1) is 24.1 Å². The number of carbonyl (C=O) groups is 1. The van der Waals surface area contributed by atoms with Crippen molar-refractivity contribution in [3.63, 3.8) is 0 Å². The highest BCUT2D eigenvalue weighted by Gasteiger charge is 2.49. The van der Waals surface area contributed by atoms with Crippen LogP contribution in [0.1, 0.15) is 28.9 Å². The summed E-state index contributed by atoms with van der Waals surface area (Å²) in [4.78, 5) is 34.5. The molecule has 35 heavy (non-hydrogen) atoms. The van der Waals surface area contributed by atoms with Gasteiger partial charge >= 0.3 is 0 Å². The van der Waals surface area contributed by atoms with Crippen LogP contribution in [0.3, 0.4) is 0 Å². The third kappa shape index (κ3) is 4.07. The maximum Gasteiger partial charge on any atom is 0.278 e. The first-order valence-electron chi connectivity index (χ1n) is 10.9. The highest BCUT2D eigenvalue weighted by molar-refractivity contribution is 6.00. The van der Waals surface area contributed by atoms with Crippen molar-refractivity contribution in [2.75, 3.05) is 17.7 Å². The number of halogens is 2. The van der Waals surface area contributed by atoms with Gasteiger partial charge in [0, 0.05) is 31.4 Å². The third-order valence-electron chi connectivity index (χ3n) is 5.94. The lowest BCUT2D eigenvalue weighted by atomic mass is 9.88. The number of fused-ring (bicyclic) bond motifs is 1.